The Bertz CT molecular complexity index is 930. The summed E-state index contributed by atoms with van der Waals surface area (Å²) < 4.78 is 21.3. The molecule has 3 rings (SSSR count). The number of anilines is 1. The van der Waals surface area contributed by atoms with Crippen LogP contribution in [0.25, 0.3) is 0 Å². The lowest BCUT2D eigenvalue weighted by Gasteiger charge is -2.16. The summed E-state index contributed by atoms with van der Waals surface area (Å²) in [7, 11) is 0. The molecule has 0 spiro atoms. The van der Waals surface area contributed by atoms with Gasteiger partial charge in [-0.25, -0.2) is 4.39 Å². The van der Waals surface area contributed by atoms with E-state index in [9.17, 15) is 4.39 Å². The van der Waals surface area contributed by atoms with Crippen LogP contribution in [0.4, 0.5) is 10.1 Å². The quantitative estimate of drug-likeness (QED) is 0.379. The van der Waals surface area contributed by atoms with Gasteiger partial charge in [0.15, 0.2) is 0 Å². The molecule has 0 fully saturated rings. The summed E-state index contributed by atoms with van der Waals surface area (Å²) in [4.78, 5) is 0. The highest BCUT2D eigenvalue weighted by Gasteiger charge is 2.12. The summed E-state index contributed by atoms with van der Waals surface area (Å²) in [6.45, 7) is 3.06. The van der Waals surface area contributed by atoms with E-state index in [0.717, 1.165) is 37.9 Å². The molecule has 0 radical (unpaired) electrons. The Hall–Kier alpha value is -1.85. The van der Waals surface area contributed by atoms with Gasteiger partial charge >= 0.3 is 0 Å². The van der Waals surface area contributed by atoms with Gasteiger partial charge in [0, 0.05) is 22.3 Å². The molecular weight excluding hydrogens is 473 g/mol. The zero-order valence-corrected chi connectivity index (χ0v) is 18.1. The maximum atomic E-state index is 13.4. The van der Waals surface area contributed by atoms with Crippen LogP contribution in [0.15, 0.2) is 69.6 Å². The van der Waals surface area contributed by atoms with Crippen molar-refractivity contribution >= 4 is 37.5 Å². The molecule has 0 atom stereocenters. The number of benzene rings is 3. The SMILES string of the molecule is CCc1ccccc1NCc1cc(Br)cc(Br)c1OCc1cccc(F)c1. The van der Waals surface area contributed by atoms with E-state index in [2.05, 4.69) is 56.2 Å². The molecule has 3 aromatic carbocycles. The van der Waals surface area contributed by atoms with Crippen molar-refractivity contribution in [3.05, 3.63) is 92.1 Å². The lowest BCUT2D eigenvalue weighted by molar-refractivity contribution is 0.300. The lowest BCUT2D eigenvalue weighted by Crippen LogP contribution is -2.06. The van der Waals surface area contributed by atoms with E-state index in [1.807, 2.05) is 30.3 Å². The Morgan fingerprint density at radius 1 is 0.963 bits per heavy atom. The number of nitrogens with one attached hydrogen (secondary N) is 1. The van der Waals surface area contributed by atoms with Crippen LogP contribution in [0.1, 0.15) is 23.6 Å². The van der Waals surface area contributed by atoms with Crippen molar-refractivity contribution < 1.29 is 9.13 Å². The average molecular weight is 493 g/mol. The van der Waals surface area contributed by atoms with Gasteiger partial charge in [-0.1, -0.05) is 53.2 Å². The van der Waals surface area contributed by atoms with Crippen molar-refractivity contribution in [2.24, 2.45) is 0 Å². The summed E-state index contributed by atoms with van der Waals surface area (Å²) in [6.07, 6.45) is 0.967. The number of para-hydroxylation sites is 1. The molecule has 27 heavy (non-hydrogen) atoms. The van der Waals surface area contributed by atoms with E-state index < -0.39 is 0 Å². The number of hydrogen-bond acceptors (Lipinski definition) is 2. The second-order valence-corrected chi connectivity index (χ2v) is 7.93. The molecule has 3 aromatic rings. The van der Waals surface area contributed by atoms with Crippen LogP contribution in [0.5, 0.6) is 5.75 Å². The zero-order valence-electron chi connectivity index (χ0n) is 14.9. The highest BCUT2D eigenvalue weighted by Crippen LogP contribution is 2.34. The summed E-state index contributed by atoms with van der Waals surface area (Å²) >= 11 is 7.13. The average Bonchev–Trinajstić information content (AvgIpc) is 2.65. The third-order valence-corrected chi connectivity index (χ3v) is 5.27. The molecule has 0 aliphatic rings. The third kappa shape index (κ3) is 5.33. The van der Waals surface area contributed by atoms with Crippen LogP contribution in [0, 0.1) is 5.82 Å². The fourth-order valence-corrected chi connectivity index (χ4v) is 4.31. The van der Waals surface area contributed by atoms with Gasteiger partial charge in [0.1, 0.15) is 18.2 Å². The Balaban J connectivity index is 1.80. The molecule has 2 nitrogen and oxygen atoms in total. The van der Waals surface area contributed by atoms with Crippen molar-refractivity contribution in [1.29, 1.82) is 0 Å². The number of halogens is 3. The van der Waals surface area contributed by atoms with Gasteiger partial charge in [-0.05, 0) is 63.8 Å². The van der Waals surface area contributed by atoms with Crippen LogP contribution < -0.4 is 10.1 Å². The van der Waals surface area contributed by atoms with E-state index in [4.69, 9.17) is 4.74 Å². The van der Waals surface area contributed by atoms with Crippen molar-refractivity contribution in [3.63, 3.8) is 0 Å². The maximum Gasteiger partial charge on any atom is 0.139 e. The van der Waals surface area contributed by atoms with Crippen LogP contribution >= 0.6 is 31.9 Å². The van der Waals surface area contributed by atoms with Gasteiger partial charge in [0.2, 0.25) is 0 Å². The van der Waals surface area contributed by atoms with Crippen LogP contribution in [-0.2, 0) is 19.6 Å². The Kier molecular flexibility index (Phi) is 6.91. The van der Waals surface area contributed by atoms with Crippen molar-refractivity contribution in [2.75, 3.05) is 5.32 Å². The molecule has 0 heterocycles. The first-order chi connectivity index (χ1) is 13.1. The van der Waals surface area contributed by atoms with E-state index in [-0.39, 0.29) is 5.82 Å². The molecular formula is C22H20Br2FNO. The first kappa shape index (κ1) is 19.9. The molecule has 0 saturated heterocycles. The summed E-state index contributed by atoms with van der Waals surface area (Å²) in [5.74, 6) is 0.493. The van der Waals surface area contributed by atoms with E-state index in [1.165, 1.54) is 17.7 Å². The smallest absolute Gasteiger partial charge is 0.139 e. The first-order valence-corrected chi connectivity index (χ1v) is 10.3. The number of rotatable bonds is 7. The van der Waals surface area contributed by atoms with Crippen LogP contribution in [0.2, 0.25) is 0 Å². The van der Waals surface area contributed by atoms with Crippen LogP contribution in [-0.4, -0.2) is 0 Å². The molecule has 5 heteroatoms. The van der Waals surface area contributed by atoms with E-state index >= 15 is 0 Å². The fourth-order valence-electron chi connectivity index (χ4n) is 2.88. The van der Waals surface area contributed by atoms with Gasteiger partial charge < -0.3 is 10.1 Å². The summed E-state index contributed by atoms with van der Waals surface area (Å²) in [6, 6.07) is 18.7. The largest absolute Gasteiger partial charge is 0.487 e. The normalized spacial score (nSPS) is 10.7. The van der Waals surface area contributed by atoms with Gasteiger partial charge in [-0.2, -0.15) is 0 Å². The second kappa shape index (κ2) is 9.38. The first-order valence-electron chi connectivity index (χ1n) is 8.73. The van der Waals surface area contributed by atoms with Crippen molar-refractivity contribution in [1.82, 2.24) is 0 Å². The zero-order chi connectivity index (χ0) is 19.2. The maximum absolute atomic E-state index is 13.4. The van der Waals surface area contributed by atoms with Crippen molar-refractivity contribution in [3.8, 4) is 5.75 Å². The van der Waals surface area contributed by atoms with Gasteiger partial charge in [-0.15, -0.1) is 0 Å². The third-order valence-electron chi connectivity index (χ3n) is 4.23. The number of hydrogen-bond donors (Lipinski definition) is 1. The molecule has 0 saturated carbocycles. The molecule has 0 bridgehead atoms. The van der Waals surface area contributed by atoms with Crippen LogP contribution in [0.3, 0.4) is 0 Å². The minimum Gasteiger partial charge on any atom is -0.487 e. The Labute approximate surface area is 176 Å². The predicted molar refractivity (Wildman–Crippen MR) is 116 cm³/mol. The minimum atomic E-state index is -0.260. The molecule has 0 aromatic heterocycles. The summed E-state index contributed by atoms with van der Waals surface area (Å²) in [5.41, 5.74) is 4.19. The highest BCUT2D eigenvalue weighted by atomic mass is 79.9. The minimum absolute atomic E-state index is 0.260. The molecule has 0 aliphatic carbocycles. The number of aryl methyl sites for hydroxylation is 1. The second-order valence-electron chi connectivity index (χ2n) is 6.16. The van der Waals surface area contributed by atoms with Gasteiger partial charge in [0.05, 0.1) is 4.47 Å². The fraction of sp³-hybridized carbons (Fsp3) is 0.182. The molecule has 0 amide bonds. The predicted octanol–water partition coefficient (Wildman–Crippen LogP) is 7.10. The lowest BCUT2D eigenvalue weighted by atomic mass is 10.1. The van der Waals surface area contributed by atoms with Gasteiger partial charge in [0.25, 0.3) is 0 Å². The number of ether oxygens (including phenoxy) is 1. The van der Waals surface area contributed by atoms with E-state index in [1.54, 1.807) is 6.07 Å². The standard InChI is InChI=1S/C22H20Br2FNO/c1-2-16-7-3-4-9-21(16)26-13-17-11-18(23)12-20(24)22(17)27-14-15-6-5-8-19(25)10-15/h3-12,26H,2,13-14H2,1H3. The molecule has 140 valence electrons. The Morgan fingerprint density at radius 2 is 1.78 bits per heavy atom. The molecule has 0 aliphatic heterocycles. The summed E-state index contributed by atoms with van der Waals surface area (Å²) in [5, 5.41) is 3.50. The molecule has 0 unspecified atom stereocenters. The van der Waals surface area contributed by atoms with Crippen molar-refractivity contribution in [2.45, 2.75) is 26.5 Å². The van der Waals surface area contributed by atoms with E-state index in [0.29, 0.717) is 13.2 Å². The van der Waals surface area contributed by atoms with Gasteiger partial charge in [-0.3, -0.25) is 0 Å². The highest BCUT2D eigenvalue weighted by molar-refractivity contribution is 9.11. The topological polar surface area (TPSA) is 21.3 Å². The Morgan fingerprint density at radius 3 is 2.56 bits per heavy atom. The monoisotopic (exact) mass is 491 g/mol. The molecule has 1 N–H and O–H groups in total.